The number of nitrogens with zero attached hydrogens (tertiary/aromatic N) is 4. The summed E-state index contributed by atoms with van der Waals surface area (Å²) in [6, 6.07) is 7.79. The molecule has 0 saturated heterocycles. The van der Waals surface area contributed by atoms with Crippen molar-refractivity contribution >= 4 is 5.91 Å². The van der Waals surface area contributed by atoms with Crippen molar-refractivity contribution in [1.82, 2.24) is 25.5 Å². The smallest absolute Gasteiger partial charge is 0.244 e. The Morgan fingerprint density at radius 2 is 2.09 bits per heavy atom. The number of hydrogen-bond donors (Lipinski definition) is 1. The van der Waals surface area contributed by atoms with Crippen LogP contribution in [-0.4, -0.2) is 31.7 Å². The van der Waals surface area contributed by atoms with E-state index >= 15 is 0 Å². The molecule has 0 aliphatic rings. The Morgan fingerprint density at radius 1 is 1.41 bits per heavy atom. The van der Waals surface area contributed by atoms with Crippen LogP contribution in [0.15, 0.2) is 24.3 Å². The van der Waals surface area contributed by atoms with E-state index < -0.39 is 5.54 Å². The molecule has 1 aromatic carbocycles. The van der Waals surface area contributed by atoms with Crippen molar-refractivity contribution in [3.63, 3.8) is 0 Å². The normalized spacial score (nSPS) is 13.2. The highest BCUT2D eigenvalue weighted by molar-refractivity contribution is 5.77. The number of benzene rings is 1. The molecule has 1 heterocycles. The zero-order chi connectivity index (χ0) is 16.2. The summed E-state index contributed by atoms with van der Waals surface area (Å²) in [6.45, 7) is 5.71. The van der Waals surface area contributed by atoms with E-state index in [4.69, 9.17) is 6.42 Å². The number of tetrazole rings is 1. The molecule has 1 unspecified atom stereocenters. The Morgan fingerprint density at radius 3 is 2.68 bits per heavy atom. The Kier molecular flexibility index (Phi) is 4.56. The van der Waals surface area contributed by atoms with Gasteiger partial charge in [-0.25, -0.2) is 0 Å². The van der Waals surface area contributed by atoms with Gasteiger partial charge in [0.25, 0.3) is 0 Å². The largest absolute Gasteiger partial charge is 0.338 e. The molecule has 22 heavy (non-hydrogen) atoms. The molecule has 0 aliphatic heterocycles. The van der Waals surface area contributed by atoms with Crippen molar-refractivity contribution in [3.05, 3.63) is 29.8 Å². The number of aromatic nitrogens is 4. The van der Waals surface area contributed by atoms with Gasteiger partial charge in [-0.1, -0.05) is 42.7 Å². The molecule has 0 radical (unpaired) electrons. The Hall–Kier alpha value is -2.68. The second-order valence-corrected chi connectivity index (χ2v) is 5.39. The van der Waals surface area contributed by atoms with Crippen molar-refractivity contribution in [3.8, 4) is 23.7 Å². The van der Waals surface area contributed by atoms with Crippen molar-refractivity contribution in [1.29, 1.82) is 0 Å². The number of aryl methyl sites for hydroxylation is 1. The molecule has 0 fully saturated rings. The molecule has 1 atom stereocenters. The third-order valence-corrected chi connectivity index (χ3v) is 3.49. The van der Waals surface area contributed by atoms with E-state index in [-0.39, 0.29) is 12.5 Å². The molecule has 2 aromatic rings. The number of nitrogens with one attached hydrogen (secondary N) is 1. The lowest BCUT2D eigenvalue weighted by molar-refractivity contribution is -0.123. The van der Waals surface area contributed by atoms with Crippen molar-refractivity contribution in [2.45, 2.75) is 39.3 Å². The summed E-state index contributed by atoms with van der Waals surface area (Å²) < 4.78 is 0. The van der Waals surface area contributed by atoms with Crippen LogP contribution in [0.5, 0.6) is 0 Å². The summed E-state index contributed by atoms with van der Waals surface area (Å²) in [5.74, 6) is 2.83. The molecule has 0 spiro atoms. The standard InChI is InChI=1S/C16H19N5O/c1-5-16(4,6-2)17-14(22)11-21-19-15(18-20-21)13-9-7-12(3)8-10-13/h1,7-10H,6,11H2,2-4H3,(H,17,22). The topological polar surface area (TPSA) is 72.7 Å². The van der Waals surface area contributed by atoms with Crippen LogP contribution in [0.2, 0.25) is 0 Å². The lowest BCUT2D eigenvalue weighted by Gasteiger charge is -2.22. The highest BCUT2D eigenvalue weighted by Gasteiger charge is 2.21. The maximum Gasteiger partial charge on any atom is 0.244 e. The molecule has 6 heteroatoms. The van der Waals surface area contributed by atoms with E-state index in [1.807, 2.05) is 38.1 Å². The maximum absolute atomic E-state index is 12.0. The van der Waals surface area contributed by atoms with Crippen LogP contribution in [0, 0.1) is 19.3 Å². The van der Waals surface area contributed by atoms with Crippen LogP contribution in [0.4, 0.5) is 0 Å². The molecular weight excluding hydrogens is 278 g/mol. The van der Waals surface area contributed by atoms with Crippen molar-refractivity contribution in [2.75, 3.05) is 0 Å². The summed E-state index contributed by atoms with van der Waals surface area (Å²) >= 11 is 0. The SMILES string of the molecule is C#CC(C)(CC)NC(=O)Cn1nnc(-c2ccc(C)cc2)n1. The number of amides is 1. The number of carbonyl (C=O) groups is 1. The minimum absolute atomic E-state index is 0.0177. The minimum Gasteiger partial charge on any atom is -0.338 e. The minimum atomic E-state index is -0.655. The van der Waals surface area contributed by atoms with Crippen LogP contribution in [0.25, 0.3) is 11.4 Å². The van der Waals surface area contributed by atoms with Gasteiger partial charge in [0.05, 0.1) is 5.54 Å². The summed E-state index contributed by atoms with van der Waals surface area (Å²) in [5.41, 5.74) is 1.36. The zero-order valence-electron chi connectivity index (χ0n) is 13.0. The van der Waals surface area contributed by atoms with Gasteiger partial charge in [0.2, 0.25) is 11.7 Å². The quantitative estimate of drug-likeness (QED) is 0.850. The molecule has 0 saturated carbocycles. The third kappa shape index (κ3) is 3.70. The van der Waals surface area contributed by atoms with Crippen LogP contribution < -0.4 is 5.32 Å². The van der Waals surface area contributed by atoms with Gasteiger partial charge in [-0.2, -0.15) is 4.80 Å². The first-order chi connectivity index (χ1) is 10.5. The molecule has 1 aromatic heterocycles. The third-order valence-electron chi connectivity index (χ3n) is 3.49. The van der Waals surface area contributed by atoms with Gasteiger partial charge in [-0.3, -0.25) is 4.79 Å². The fourth-order valence-corrected chi connectivity index (χ4v) is 1.83. The van der Waals surface area contributed by atoms with Crippen molar-refractivity contribution in [2.24, 2.45) is 0 Å². The van der Waals surface area contributed by atoms with E-state index in [2.05, 4.69) is 26.6 Å². The average Bonchev–Trinajstić information content (AvgIpc) is 2.96. The molecule has 2 rings (SSSR count). The summed E-state index contributed by atoms with van der Waals surface area (Å²) in [6.07, 6.45) is 6.08. The Labute approximate surface area is 129 Å². The zero-order valence-corrected chi connectivity index (χ0v) is 13.0. The Balaban J connectivity index is 2.05. The fraction of sp³-hybridized carbons (Fsp3) is 0.375. The first-order valence-corrected chi connectivity index (χ1v) is 7.09. The number of hydrogen-bond acceptors (Lipinski definition) is 4. The number of terminal acetylenes is 1. The monoisotopic (exact) mass is 297 g/mol. The highest BCUT2D eigenvalue weighted by atomic mass is 16.2. The number of carbonyl (C=O) groups excluding carboxylic acids is 1. The molecule has 6 nitrogen and oxygen atoms in total. The van der Waals surface area contributed by atoms with E-state index in [0.29, 0.717) is 12.2 Å². The van der Waals surface area contributed by atoms with E-state index in [1.165, 1.54) is 4.80 Å². The summed E-state index contributed by atoms with van der Waals surface area (Å²) in [5, 5.41) is 14.9. The lowest BCUT2D eigenvalue weighted by Crippen LogP contribution is -2.45. The van der Waals surface area contributed by atoms with Gasteiger partial charge in [0, 0.05) is 5.56 Å². The summed E-state index contributed by atoms with van der Waals surface area (Å²) in [7, 11) is 0. The van der Waals surface area contributed by atoms with E-state index in [9.17, 15) is 4.79 Å². The maximum atomic E-state index is 12.0. The van der Waals surface area contributed by atoms with Gasteiger partial charge >= 0.3 is 0 Å². The highest BCUT2D eigenvalue weighted by Crippen LogP contribution is 2.14. The predicted octanol–water partition coefficient (Wildman–Crippen LogP) is 1.57. The van der Waals surface area contributed by atoms with Gasteiger partial charge in [-0.15, -0.1) is 16.6 Å². The first kappa shape index (κ1) is 15.7. The van der Waals surface area contributed by atoms with Gasteiger partial charge in [0.15, 0.2) is 0 Å². The van der Waals surface area contributed by atoms with Crippen LogP contribution in [0.3, 0.4) is 0 Å². The number of rotatable bonds is 5. The summed E-state index contributed by atoms with van der Waals surface area (Å²) in [4.78, 5) is 13.3. The van der Waals surface area contributed by atoms with Gasteiger partial charge < -0.3 is 5.32 Å². The molecule has 0 bridgehead atoms. The Bertz CT molecular complexity index is 698. The molecular formula is C16H19N5O. The van der Waals surface area contributed by atoms with Crippen LogP contribution in [0.1, 0.15) is 25.8 Å². The van der Waals surface area contributed by atoms with Crippen LogP contribution in [-0.2, 0) is 11.3 Å². The lowest BCUT2D eigenvalue weighted by atomic mass is 10.0. The predicted molar refractivity (Wildman–Crippen MR) is 83.7 cm³/mol. The fourth-order valence-electron chi connectivity index (χ4n) is 1.83. The molecule has 1 N–H and O–H groups in total. The molecule has 114 valence electrons. The average molecular weight is 297 g/mol. The first-order valence-electron chi connectivity index (χ1n) is 7.09. The van der Waals surface area contributed by atoms with E-state index in [1.54, 1.807) is 6.92 Å². The van der Waals surface area contributed by atoms with Gasteiger partial charge in [0.1, 0.15) is 6.54 Å². The van der Waals surface area contributed by atoms with Gasteiger partial charge in [-0.05, 0) is 25.5 Å². The van der Waals surface area contributed by atoms with Crippen molar-refractivity contribution < 1.29 is 4.79 Å². The second-order valence-electron chi connectivity index (χ2n) is 5.39. The second kappa shape index (κ2) is 6.39. The molecule has 1 amide bonds. The molecule has 0 aliphatic carbocycles. The van der Waals surface area contributed by atoms with E-state index in [0.717, 1.165) is 11.1 Å². The van der Waals surface area contributed by atoms with Crippen LogP contribution >= 0.6 is 0 Å².